The van der Waals surface area contributed by atoms with Gasteiger partial charge in [-0.2, -0.15) is 0 Å². The summed E-state index contributed by atoms with van der Waals surface area (Å²) in [5.74, 6) is -0.187. The first-order valence-corrected chi connectivity index (χ1v) is 6.73. The predicted molar refractivity (Wildman–Crippen MR) is 71.4 cm³/mol. The molecule has 1 rings (SSSR count). The van der Waals surface area contributed by atoms with E-state index >= 15 is 0 Å². The van der Waals surface area contributed by atoms with E-state index in [1.807, 2.05) is 0 Å². The quantitative estimate of drug-likeness (QED) is 0.836. The molecule has 0 fully saturated rings. The zero-order valence-corrected chi connectivity index (χ0v) is 11.7. The van der Waals surface area contributed by atoms with Crippen molar-refractivity contribution in [3.8, 4) is 0 Å². The van der Waals surface area contributed by atoms with E-state index in [-0.39, 0.29) is 12.4 Å². The van der Waals surface area contributed by atoms with Gasteiger partial charge in [0.15, 0.2) is 0 Å². The van der Waals surface area contributed by atoms with Crippen LogP contribution in [0.2, 0.25) is 0 Å². The fourth-order valence-corrected chi connectivity index (χ4v) is 2.11. The molecule has 0 saturated heterocycles. The summed E-state index contributed by atoms with van der Waals surface area (Å²) >= 11 is 3.34. The Balaban J connectivity index is 2.67. The van der Waals surface area contributed by atoms with Crippen molar-refractivity contribution in [1.82, 2.24) is 4.90 Å². The molecule has 0 aliphatic heterocycles. The van der Waals surface area contributed by atoms with Crippen LogP contribution in [0.3, 0.4) is 0 Å². The van der Waals surface area contributed by atoms with Gasteiger partial charge in [-0.25, -0.2) is 4.39 Å². The Kier molecular flexibility index (Phi) is 6.70. The molecule has 4 heteroatoms. The van der Waals surface area contributed by atoms with Crippen LogP contribution in [0.4, 0.5) is 4.39 Å². The Bertz CT molecular complexity index is 346. The number of hydrogen-bond donors (Lipinski definition) is 1. The van der Waals surface area contributed by atoms with E-state index in [0.29, 0.717) is 18.7 Å². The molecule has 1 aromatic rings. The zero-order valence-electron chi connectivity index (χ0n) is 10.1. The summed E-state index contributed by atoms with van der Waals surface area (Å²) in [4.78, 5) is 2.08. The largest absolute Gasteiger partial charge is 0.395 e. The molecule has 0 heterocycles. The normalized spacial score (nSPS) is 11.1. The van der Waals surface area contributed by atoms with Crippen LogP contribution in [0.15, 0.2) is 22.7 Å². The average molecular weight is 304 g/mol. The van der Waals surface area contributed by atoms with Gasteiger partial charge in [-0.3, -0.25) is 4.90 Å². The lowest BCUT2D eigenvalue weighted by atomic mass is 10.2. The Labute approximate surface area is 111 Å². The number of halogens is 2. The van der Waals surface area contributed by atoms with Crippen LogP contribution >= 0.6 is 15.9 Å². The highest BCUT2D eigenvalue weighted by atomic mass is 79.9. The number of benzene rings is 1. The molecule has 0 atom stereocenters. The topological polar surface area (TPSA) is 23.5 Å². The zero-order chi connectivity index (χ0) is 12.7. The third-order valence-corrected chi connectivity index (χ3v) is 3.14. The van der Waals surface area contributed by atoms with Crippen molar-refractivity contribution in [2.45, 2.75) is 26.3 Å². The molecule has 1 aromatic carbocycles. The highest BCUT2D eigenvalue weighted by Gasteiger charge is 2.09. The maximum absolute atomic E-state index is 13.6. The molecule has 0 radical (unpaired) electrons. The van der Waals surface area contributed by atoms with Crippen molar-refractivity contribution in [2.24, 2.45) is 0 Å². The lowest BCUT2D eigenvalue weighted by Gasteiger charge is -2.21. The van der Waals surface area contributed by atoms with Gasteiger partial charge in [0, 0.05) is 23.1 Å². The Morgan fingerprint density at radius 2 is 2.12 bits per heavy atom. The molecule has 0 unspecified atom stereocenters. The molecule has 0 aliphatic rings. The molecular weight excluding hydrogens is 285 g/mol. The summed E-state index contributed by atoms with van der Waals surface area (Å²) in [6.07, 6.45) is 2.17. The standard InChI is InChI=1S/C13H19BrFNO/c1-2-3-6-16(7-8-17)10-11-9-12(14)4-5-13(11)15/h4-5,9,17H,2-3,6-8,10H2,1H3. The van der Waals surface area contributed by atoms with Crippen LogP contribution in [0, 0.1) is 5.82 Å². The van der Waals surface area contributed by atoms with Crippen LogP contribution in [-0.2, 0) is 6.54 Å². The van der Waals surface area contributed by atoms with Gasteiger partial charge >= 0.3 is 0 Å². The van der Waals surface area contributed by atoms with Gasteiger partial charge in [0.1, 0.15) is 5.82 Å². The minimum atomic E-state index is -0.187. The second-order valence-electron chi connectivity index (χ2n) is 4.09. The van der Waals surface area contributed by atoms with E-state index in [2.05, 4.69) is 27.8 Å². The van der Waals surface area contributed by atoms with Crippen molar-refractivity contribution in [3.05, 3.63) is 34.1 Å². The summed E-state index contributed by atoms with van der Waals surface area (Å²) in [7, 11) is 0. The minimum Gasteiger partial charge on any atom is -0.395 e. The van der Waals surface area contributed by atoms with Crippen molar-refractivity contribution in [1.29, 1.82) is 0 Å². The summed E-state index contributed by atoms with van der Waals surface area (Å²) in [6.45, 7) is 4.26. The smallest absolute Gasteiger partial charge is 0.127 e. The number of hydrogen-bond acceptors (Lipinski definition) is 2. The van der Waals surface area contributed by atoms with Crippen molar-refractivity contribution >= 4 is 15.9 Å². The van der Waals surface area contributed by atoms with E-state index in [1.165, 1.54) is 6.07 Å². The van der Waals surface area contributed by atoms with Crippen LogP contribution in [0.5, 0.6) is 0 Å². The molecule has 0 amide bonds. The van der Waals surface area contributed by atoms with E-state index in [9.17, 15) is 4.39 Å². The number of aliphatic hydroxyl groups excluding tert-OH is 1. The summed E-state index contributed by atoms with van der Waals surface area (Å²) in [5, 5.41) is 8.99. The molecule has 17 heavy (non-hydrogen) atoms. The number of rotatable bonds is 7. The van der Waals surface area contributed by atoms with Gasteiger partial charge in [0.05, 0.1) is 6.61 Å². The monoisotopic (exact) mass is 303 g/mol. The van der Waals surface area contributed by atoms with Gasteiger partial charge < -0.3 is 5.11 Å². The molecule has 1 N–H and O–H groups in total. The molecule has 0 aliphatic carbocycles. The molecule has 0 saturated carbocycles. The van der Waals surface area contributed by atoms with E-state index in [4.69, 9.17) is 5.11 Å². The molecular formula is C13H19BrFNO. The van der Waals surface area contributed by atoms with E-state index < -0.39 is 0 Å². The van der Waals surface area contributed by atoms with Gasteiger partial charge in [-0.15, -0.1) is 0 Å². The minimum absolute atomic E-state index is 0.110. The van der Waals surface area contributed by atoms with E-state index in [0.717, 1.165) is 23.9 Å². The fraction of sp³-hybridized carbons (Fsp3) is 0.538. The third-order valence-electron chi connectivity index (χ3n) is 2.65. The van der Waals surface area contributed by atoms with Crippen LogP contribution in [0.1, 0.15) is 25.3 Å². The molecule has 0 aromatic heterocycles. The lowest BCUT2D eigenvalue weighted by molar-refractivity contribution is 0.187. The molecule has 2 nitrogen and oxygen atoms in total. The van der Waals surface area contributed by atoms with Crippen molar-refractivity contribution in [3.63, 3.8) is 0 Å². The Morgan fingerprint density at radius 1 is 1.35 bits per heavy atom. The second kappa shape index (κ2) is 7.80. The van der Waals surface area contributed by atoms with Crippen LogP contribution in [0.25, 0.3) is 0 Å². The second-order valence-corrected chi connectivity index (χ2v) is 5.00. The van der Waals surface area contributed by atoms with Crippen molar-refractivity contribution < 1.29 is 9.50 Å². The number of nitrogens with zero attached hydrogens (tertiary/aromatic N) is 1. The first-order chi connectivity index (χ1) is 8.17. The third kappa shape index (κ3) is 5.15. The first-order valence-electron chi connectivity index (χ1n) is 5.94. The highest BCUT2D eigenvalue weighted by Crippen LogP contribution is 2.17. The van der Waals surface area contributed by atoms with Crippen LogP contribution < -0.4 is 0 Å². The molecule has 0 spiro atoms. The Morgan fingerprint density at radius 3 is 2.76 bits per heavy atom. The summed E-state index contributed by atoms with van der Waals surface area (Å²) < 4.78 is 14.5. The SMILES string of the molecule is CCCCN(CCO)Cc1cc(Br)ccc1F. The van der Waals surface area contributed by atoms with Gasteiger partial charge in [0.2, 0.25) is 0 Å². The van der Waals surface area contributed by atoms with Crippen molar-refractivity contribution in [2.75, 3.05) is 19.7 Å². The lowest BCUT2D eigenvalue weighted by Crippen LogP contribution is -2.28. The predicted octanol–water partition coefficient (Wildman–Crippen LogP) is 3.18. The summed E-state index contributed by atoms with van der Waals surface area (Å²) in [6, 6.07) is 4.96. The highest BCUT2D eigenvalue weighted by molar-refractivity contribution is 9.10. The summed E-state index contributed by atoms with van der Waals surface area (Å²) in [5.41, 5.74) is 0.670. The van der Waals surface area contributed by atoms with Crippen LogP contribution in [-0.4, -0.2) is 29.7 Å². The number of aliphatic hydroxyl groups is 1. The maximum Gasteiger partial charge on any atom is 0.127 e. The maximum atomic E-state index is 13.6. The first kappa shape index (κ1) is 14.6. The molecule has 0 bridgehead atoms. The molecule has 96 valence electrons. The fourth-order valence-electron chi connectivity index (χ4n) is 1.70. The number of unbranched alkanes of at least 4 members (excludes halogenated alkanes) is 1. The van der Waals surface area contributed by atoms with E-state index in [1.54, 1.807) is 12.1 Å². The average Bonchev–Trinajstić information content (AvgIpc) is 2.31. The van der Waals surface area contributed by atoms with Gasteiger partial charge in [0.25, 0.3) is 0 Å². The van der Waals surface area contributed by atoms with Gasteiger partial charge in [-0.05, 0) is 31.2 Å². The Hall–Kier alpha value is -0.450. The van der Waals surface area contributed by atoms with Gasteiger partial charge in [-0.1, -0.05) is 29.3 Å².